The van der Waals surface area contributed by atoms with Crippen LogP contribution in [0, 0.1) is 0 Å². The van der Waals surface area contributed by atoms with Crippen LogP contribution in [0.1, 0.15) is 27.0 Å². The molecule has 0 bridgehead atoms. The van der Waals surface area contributed by atoms with Gasteiger partial charge in [-0.1, -0.05) is 30.3 Å². The zero-order valence-corrected chi connectivity index (χ0v) is 20.8. The number of halogens is 3. The molecule has 3 aromatic carbocycles. The molecule has 1 amide bonds. The van der Waals surface area contributed by atoms with E-state index in [1.54, 1.807) is 14.2 Å². The second kappa shape index (κ2) is 11.6. The highest BCUT2D eigenvalue weighted by atomic mass is 19.4. The molecule has 4 rings (SSSR count). The number of benzene rings is 3. The van der Waals surface area contributed by atoms with Crippen LogP contribution >= 0.6 is 0 Å². The highest BCUT2D eigenvalue weighted by Gasteiger charge is 2.34. The van der Waals surface area contributed by atoms with E-state index in [1.807, 2.05) is 42.5 Å². The highest BCUT2D eigenvalue weighted by molar-refractivity contribution is 5.95. The fourth-order valence-corrected chi connectivity index (χ4v) is 4.47. The monoisotopic (exact) mass is 513 g/mol. The van der Waals surface area contributed by atoms with E-state index in [0.29, 0.717) is 11.5 Å². The predicted octanol–water partition coefficient (Wildman–Crippen LogP) is 4.97. The lowest BCUT2D eigenvalue weighted by atomic mass is 10.1. The first kappa shape index (κ1) is 26.3. The number of rotatable bonds is 8. The number of methoxy groups -OCH3 is 2. The van der Waals surface area contributed by atoms with Gasteiger partial charge in [0.25, 0.3) is 5.91 Å². The number of amides is 1. The number of piperazine rings is 1. The van der Waals surface area contributed by atoms with Crippen molar-refractivity contribution in [1.29, 1.82) is 0 Å². The van der Waals surface area contributed by atoms with Gasteiger partial charge in [-0.15, -0.1) is 0 Å². The maximum absolute atomic E-state index is 13.2. The molecule has 3 aromatic rings. The van der Waals surface area contributed by atoms with Gasteiger partial charge in [0.2, 0.25) is 0 Å². The summed E-state index contributed by atoms with van der Waals surface area (Å²) in [5, 5.41) is 2.62. The second-order valence-electron chi connectivity index (χ2n) is 8.85. The quantitative estimate of drug-likeness (QED) is 0.461. The standard InChI is InChI=1S/C28H30F3N3O3/c1-36-25-11-10-21(17-26(25)37-2)19-33-12-14-34(15-13-33)22-7-5-6-20(16-22)18-32-27(35)23-8-3-4-9-24(23)28(29,30)31/h3-11,16-17H,12-15,18-19H2,1-2H3,(H,32,35). The van der Waals surface area contributed by atoms with Crippen LogP contribution in [0.3, 0.4) is 0 Å². The average Bonchev–Trinajstić information content (AvgIpc) is 2.91. The maximum atomic E-state index is 13.2. The van der Waals surface area contributed by atoms with Crippen molar-refractivity contribution in [3.05, 3.63) is 89.0 Å². The molecule has 0 unspecified atom stereocenters. The van der Waals surface area contributed by atoms with E-state index in [-0.39, 0.29) is 12.1 Å². The van der Waals surface area contributed by atoms with Crippen molar-refractivity contribution < 1.29 is 27.4 Å². The third-order valence-electron chi connectivity index (χ3n) is 6.43. The molecule has 1 N–H and O–H groups in total. The Morgan fingerprint density at radius 2 is 1.59 bits per heavy atom. The van der Waals surface area contributed by atoms with E-state index in [0.717, 1.165) is 55.6 Å². The predicted molar refractivity (Wildman–Crippen MR) is 136 cm³/mol. The van der Waals surface area contributed by atoms with E-state index >= 15 is 0 Å². The van der Waals surface area contributed by atoms with Gasteiger partial charge in [-0.2, -0.15) is 13.2 Å². The first-order valence-electron chi connectivity index (χ1n) is 12.0. The number of carbonyl (C=O) groups excluding carboxylic acids is 1. The Balaban J connectivity index is 1.33. The van der Waals surface area contributed by atoms with E-state index < -0.39 is 17.6 Å². The Morgan fingerprint density at radius 3 is 2.30 bits per heavy atom. The van der Waals surface area contributed by atoms with Crippen molar-refractivity contribution in [3.8, 4) is 11.5 Å². The molecule has 0 saturated carbocycles. The summed E-state index contributed by atoms with van der Waals surface area (Å²) < 4.78 is 50.5. The lowest BCUT2D eigenvalue weighted by Gasteiger charge is -2.36. The molecule has 1 heterocycles. The SMILES string of the molecule is COc1ccc(CN2CCN(c3cccc(CNC(=O)c4ccccc4C(F)(F)F)c3)CC2)cc1OC. The van der Waals surface area contributed by atoms with Crippen molar-refractivity contribution in [3.63, 3.8) is 0 Å². The summed E-state index contributed by atoms with van der Waals surface area (Å²) in [5.41, 5.74) is 1.68. The largest absolute Gasteiger partial charge is 0.493 e. The van der Waals surface area contributed by atoms with Gasteiger partial charge in [0, 0.05) is 45.0 Å². The molecule has 1 aliphatic rings. The number of nitrogens with zero attached hydrogens (tertiary/aromatic N) is 2. The number of carbonyl (C=O) groups is 1. The van der Waals surface area contributed by atoms with Crippen LogP contribution in [0.5, 0.6) is 11.5 Å². The zero-order chi connectivity index (χ0) is 26.4. The van der Waals surface area contributed by atoms with Gasteiger partial charge >= 0.3 is 6.18 Å². The summed E-state index contributed by atoms with van der Waals surface area (Å²) in [4.78, 5) is 17.1. The molecule has 0 atom stereocenters. The van der Waals surface area contributed by atoms with Crippen LogP contribution in [0.2, 0.25) is 0 Å². The van der Waals surface area contributed by atoms with Crippen molar-refractivity contribution in [2.75, 3.05) is 45.3 Å². The smallest absolute Gasteiger partial charge is 0.417 e. The minimum Gasteiger partial charge on any atom is -0.493 e. The third kappa shape index (κ3) is 6.54. The molecular weight excluding hydrogens is 483 g/mol. The molecule has 196 valence electrons. The van der Waals surface area contributed by atoms with E-state index in [1.165, 1.54) is 18.2 Å². The summed E-state index contributed by atoms with van der Waals surface area (Å²) >= 11 is 0. The Bertz CT molecular complexity index is 1220. The normalized spacial score (nSPS) is 14.4. The second-order valence-corrected chi connectivity index (χ2v) is 8.85. The van der Waals surface area contributed by atoms with Gasteiger partial charge in [0.1, 0.15) is 0 Å². The molecule has 1 saturated heterocycles. The van der Waals surface area contributed by atoms with Gasteiger partial charge < -0.3 is 19.7 Å². The Labute approximate surface area is 214 Å². The van der Waals surface area contributed by atoms with Crippen LogP contribution in [0.4, 0.5) is 18.9 Å². The number of nitrogens with one attached hydrogen (secondary N) is 1. The van der Waals surface area contributed by atoms with E-state index in [2.05, 4.69) is 15.1 Å². The first-order chi connectivity index (χ1) is 17.8. The zero-order valence-electron chi connectivity index (χ0n) is 20.8. The lowest BCUT2D eigenvalue weighted by Crippen LogP contribution is -2.46. The fourth-order valence-electron chi connectivity index (χ4n) is 4.47. The number of alkyl halides is 3. The molecular formula is C28H30F3N3O3. The fraction of sp³-hybridized carbons (Fsp3) is 0.321. The lowest BCUT2D eigenvalue weighted by molar-refractivity contribution is -0.137. The molecule has 1 aliphatic heterocycles. The van der Waals surface area contributed by atoms with Crippen LogP contribution < -0.4 is 19.7 Å². The topological polar surface area (TPSA) is 54.0 Å². The summed E-state index contributed by atoms with van der Waals surface area (Å²) in [6, 6.07) is 18.5. The maximum Gasteiger partial charge on any atom is 0.417 e. The van der Waals surface area contributed by atoms with E-state index in [9.17, 15) is 18.0 Å². The van der Waals surface area contributed by atoms with Crippen LogP contribution in [0.25, 0.3) is 0 Å². The van der Waals surface area contributed by atoms with Gasteiger partial charge in [-0.25, -0.2) is 0 Å². The van der Waals surface area contributed by atoms with Crippen molar-refractivity contribution in [2.24, 2.45) is 0 Å². The molecule has 1 fully saturated rings. The Morgan fingerprint density at radius 1 is 0.865 bits per heavy atom. The Kier molecular flexibility index (Phi) is 8.23. The summed E-state index contributed by atoms with van der Waals surface area (Å²) in [5.74, 6) is 0.670. The first-order valence-corrected chi connectivity index (χ1v) is 12.0. The molecule has 0 aromatic heterocycles. The summed E-state index contributed by atoms with van der Waals surface area (Å²) in [6.07, 6.45) is -4.59. The molecule has 0 aliphatic carbocycles. The van der Waals surface area contributed by atoms with Crippen molar-refractivity contribution >= 4 is 11.6 Å². The van der Waals surface area contributed by atoms with Gasteiger partial charge in [0.05, 0.1) is 25.3 Å². The molecule has 0 radical (unpaired) electrons. The Hall–Kier alpha value is -3.72. The number of hydrogen-bond acceptors (Lipinski definition) is 5. The summed E-state index contributed by atoms with van der Waals surface area (Å²) in [6.45, 7) is 4.37. The van der Waals surface area contributed by atoms with Gasteiger partial charge in [-0.3, -0.25) is 9.69 Å². The van der Waals surface area contributed by atoms with Gasteiger partial charge in [0.15, 0.2) is 11.5 Å². The third-order valence-corrected chi connectivity index (χ3v) is 6.43. The van der Waals surface area contributed by atoms with Gasteiger partial charge in [-0.05, 0) is 47.5 Å². The molecule has 0 spiro atoms. The van der Waals surface area contributed by atoms with Crippen molar-refractivity contribution in [2.45, 2.75) is 19.3 Å². The van der Waals surface area contributed by atoms with Crippen molar-refractivity contribution in [1.82, 2.24) is 10.2 Å². The number of hydrogen-bond donors (Lipinski definition) is 1. The van der Waals surface area contributed by atoms with Crippen LogP contribution in [0.15, 0.2) is 66.7 Å². The number of anilines is 1. The van der Waals surface area contributed by atoms with E-state index in [4.69, 9.17) is 9.47 Å². The highest BCUT2D eigenvalue weighted by Crippen LogP contribution is 2.32. The summed E-state index contributed by atoms with van der Waals surface area (Å²) in [7, 11) is 3.24. The van der Waals surface area contributed by atoms with Crippen LogP contribution in [-0.2, 0) is 19.3 Å². The minimum absolute atomic E-state index is 0.137. The number of ether oxygens (including phenoxy) is 2. The minimum atomic E-state index is -4.59. The van der Waals surface area contributed by atoms with Crippen LogP contribution in [-0.4, -0.2) is 51.2 Å². The average molecular weight is 514 g/mol. The molecule has 9 heteroatoms. The molecule has 6 nitrogen and oxygen atoms in total. The molecule has 37 heavy (non-hydrogen) atoms.